The largest absolute Gasteiger partial charge is 0.500 e. The molecule has 0 radical (unpaired) electrons. The number of rotatable bonds is 12. The number of hydrogen-bond donors (Lipinski definition) is 0. The predicted molar refractivity (Wildman–Crippen MR) is 96.5 cm³/mol. The summed E-state index contributed by atoms with van der Waals surface area (Å²) in [6.07, 6.45) is 8.96. The highest BCUT2D eigenvalue weighted by molar-refractivity contribution is 6.60. The third-order valence-electron chi connectivity index (χ3n) is 5.53. The summed E-state index contributed by atoms with van der Waals surface area (Å²) < 4.78 is 22.4. The van der Waals surface area contributed by atoms with E-state index in [1.54, 1.807) is 21.3 Å². The molecule has 0 N–H and O–H groups in total. The zero-order valence-electron chi connectivity index (χ0n) is 15.9. The molecule has 1 aliphatic rings. The van der Waals surface area contributed by atoms with Gasteiger partial charge in [-0.25, -0.2) is 0 Å². The summed E-state index contributed by atoms with van der Waals surface area (Å²) in [6, 6.07) is 0.934. The standard InChI is InChI=1S/C18H38O4Si/c1-6-16(2)15-22-13-11-17-7-9-18(10-8-17)12-14-23(19-3,20-4)21-5/h16-18H,6-15H2,1-5H3. The summed E-state index contributed by atoms with van der Waals surface area (Å²) >= 11 is 0. The molecule has 1 unspecified atom stereocenters. The lowest BCUT2D eigenvalue weighted by atomic mass is 9.79. The molecule has 4 nitrogen and oxygen atoms in total. The Morgan fingerprint density at radius 3 is 1.91 bits per heavy atom. The maximum atomic E-state index is 5.81. The number of ether oxygens (including phenoxy) is 1. The van der Waals surface area contributed by atoms with E-state index >= 15 is 0 Å². The minimum atomic E-state index is -2.38. The van der Waals surface area contributed by atoms with Gasteiger partial charge in [0.2, 0.25) is 0 Å². The molecule has 0 aromatic heterocycles. The Bertz CT molecular complexity index is 280. The van der Waals surface area contributed by atoms with Crippen LogP contribution in [-0.2, 0) is 18.0 Å². The van der Waals surface area contributed by atoms with Crippen molar-refractivity contribution in [3.63, 3.8) is 0 Å². The average molecular weight is 347 g/mol. The van der Waals surface area contributed by atoms with Gasteiger partial charge in [0.15, 0.2) is 0 Å². The monoisotopic (exact) mass is 346 g/mol. The molecule has 0 aromatic carbocycles. The van der Waals surface area contributed by atoms with Gasteiger partial charge in [-0.2, -0.15) is 0 Å². The fourth-order valence-corrected chi connectivity index (χ4v) is 5.27. The van der Waals surface area contributed by atoms with E-state index in [-0.39, 0.29) is 0 Å². The normalized spacial score (nSPS) is 23.9. The van der Waals surface area contributed by atoms with Gasteiger partial charge in [-0.3, -0.25) is 0 Å². The van der Waals surface area contributed by atoms with Crippen molar-refractivity contribution in [2.24, 2.45) is 17.8 Å². The molecule has 0 aliphatic heterocycles. The maximum absolute atomic E-state index is 5.81. The van der Waals surface area contributed by atoms with Crippen molar-refractivity contribution in [3.05, 3.63) is 0 Å². The van der Waals surface area contributed by atoms with Gasteiger partial charge in [-0.05, 0) is 30.6 Å². The second-order valence-electron chi connectivity index (χ2n) is 7.10. The fourth-order valence-electron chi connectivity index (χ4n) is 3.40. The van der Waals surface area contributed by atoms with Crippen molar-refractivity contribution in [1.29, 1.82) is 0 Å². The summed E-state index contributed by atoms with van der Waals surface area (Å²) in [5.41, 5.74) is 0. The zero-order chi connectivity index (χ0) is 17.1. The van der Waals surface area contributed by atoms with Gasteiger partial charge in [0, 0.05) is 40.6 Å². The molecule has 5 heteroatoms. The smallest absolute Gasteiger partial charge is 0.381 e. The van der Waals surface area contributed by atoms with Gasteiger partial charge in [0.05, 0.1) is 0 Å². The van der Waals surface area contributed by atoms with Crippen LogP contribution in [0.15, 0.2) is 0 Å². The zero-order valence-corrected chi connectivity index (χ0v) is 16.9. The molecule has 1 aliphatic carbocycles. The van der Waals surface area contributed by atoms with E-state index in [9.17, 15) is 0 Å². The molecule has 0 heterocycles. The average Bonchev–Trinajstić information content (AvgIpc) is 2.61. The summed E-state index contributed by atoms with van der Waals surface area (Å²) in [5.74, 6) is 2.36. The third-order valence-corrected chi connectivity index (χ3v) is 8.29. The first-order valence-electron chi connectivity index (χ1n) is 9.32. The summed E-state index contributed by atoms with van der Waals surface area (Å²) in [6.45, 7) is 6.34. The minimum absolute atomic E-state index is 0.692. The SMILES string of the molecule is CCC(C)COCCC1CCC(CC[Si](OC)(OC)OC)CC1. The second kappa shape index (κ2) is 11.6. The quantitative estimate of drug-likeness (QED) is 0.385. The van der Waals surface area contributed by atoms with Crippen LogP contribution in [0.4, 0.5) is 0 Å². The Morgan fingerprint density at radius 2 is 1.43 bits per heavy atom. The van der Waals surface area contributed by atoms with E-state index in [2.05, 4.69) is 13.8 Å². The van der Waals surface area contributed by atoms with Crippen LogP contribution in [0, 0.1) is 17.8 Å². The van der Waals surface area contributed by atoms with E-state index in [0.717, 1.165) is 31.1 Å². The molecule has 23 heavy (non-hydrogen) atoms. The topological polar surface area (TPSA) is 36.9 Å². The summed E-state index contributed by atoms with van der Waals surface area (Å²) in [7, 11) is 2.73. The third kappa shape index (κ3) is 7.65. The van der Waals surface area contributed by atoms with E-state index in [1.807, 2.05) is 0 Å². The van der Waals surface area contributed by atoms with Crippen LogP contribution in [0.2, 0.25) is 6.04 Å². The van der Waals surface area contributed by atoms with Crippen LogP contribution in [0.5, 0.6) is 0 Å². The Kier molecular flexibility index (Phi) is 10.6. The van der Waals surface area contributed by atoms with Crippen molar-refractivity contribution in [1.82, 2.24) is 0 Å². The molecular weight excluding hydrogens is 308 g/mol. The second-order valence-corrected chi connectivity index (χ2v) is 10.2. The first kappa shape index (κ1) is 21.1. The van der Waals surface area contributed by atoms with Crippen molar-refractivity contribution >= 4 is 8.80 Å². The van der Waals surface area contributed by atoms with Gasteiger partial charge < -0.3 is 18.0 Å². The molecular formula is C18H38O4Si. The molecule has 0 aromatic rings. The van der Waals surface area contributed by atoms with E-state index < -0.39 is 8.80 Å². The fraction of sp³-hybridized carbons (Fsp3) is 1.00. The first-order chi connectivity index (χ1) is 11.1. The summed E-state index contributed by atoms with van der Waals surface area (Å²) in [4.78, 5) is 0. The van der Waals surface area contributed by atoms with Crippen molar-refractivity contribution in [2.75, 3.05) is 34.5 Å². The van der Waals surface area contributed by atoms with Gasteiger partial charge in [-0.15, -0.1) is 0 Å². The van der Waals surface area contributed by atoms with E-state index in [1.165, 1.54) is 44.9 Å². The van der Waals surface area contributed by atoms with Gasteiger partial charge in [-0.1, -0.05) is 46.0 Å². The molecule has 1 saturated carbocycles. The molecule has 138 valence electrons. The predicted octanol–water partition coefficient (Wildman–Crippen LogP) is 4.51. The highest BCUT2D eigenvalue weighted by atomic mass is 28.4. The van der Waals surface area contributed by atoms with Gasteiger partial charge in [0.1, 0.15) is 0 Å². The lowest BCUT2D eigenvalue weighted by Crippen LogP contribution is -2.43. The molecule has 0 spiro atoms. The van der Waals surface area contributed by atoms with Crippen LogP contribution in [0.1, 0.15) is 58.8 Å². The first-order valence-corrected chi connectivity index (χ1v) is 11.3. The van der Waals surface area contributed by atoms with E-state index in [4.69, 9.17) is 18.0 Å². The molecule has 1 atom stereocenters. The van der Waals surface area contributed by atoms with E-state index in [0.29, 0.717) is 5.92 Å². The Labute approximate surface area is 144 Å². The van der Waals surface area contributed by atoms with Crippen LogP contribution in [0.25, 0.3) is 0 Å². The Balaban J connectivity index is 2.15. The lowest BCUT2D eigenvalue weighted by molar-refractivity contribution is 0.0842. The maximum Gasteiger partial charge on any atom is 0.500 e. The molecule has 0 amide bonds. The van der Waals surface area contributed by atoms with Crippen LogP contribution < -0.4 is 0 Å². The van der Waals surface area contributed by atoms with Crippen LogP contribution in [-0.4, -0.2) is 43.3 Å². The Hall–Kier alpha value is 0.0569. The molecule has 1 fully saturated rings. The van der Waals surface area contributed by atoms with Crippen molar-refractivity contribution in [2.45, 2.75) is 64.8 Å². The van der Waals surface area contributed by atoms with Crippen LogP contribution >= 0.6 is 0 Å². The highest BCUT2D eigenvalue weighted by Crippen LogP contribution is 2.34. The molecule has 1 rings (SSSR count). The van der Waals surface area contributed by atoms with Crippen molar-refractivity contribution < 1.29 is 18.0 Å². The molecule has 0 saturated heterocycles. The Morgan fingerprint density at radius 1 is 0.913 bits per heavy atom. The minimum Gasteiger partial charge on any atom is -0.381 e. The lowest BCUT2D eigenvalue weighted by Gasteiger charge is -2.31. The molecule has 0 bridgehead atoms. The van der Waals surface area contributed by atoms with Crippen LogP contribution in [0.3, 0.4) is 0 Å². The van der Waals surface area contributed by atoms with Gasteiger partial charge in [0.25, 0.3) is 0 Å². The summed E-state index contributed by atoms with van der Waals surface area (Å²) in [5, 5.41) is 0. The van der Waals surface area contributed by atoms with Crippen molar-refractivity contribution in [3.8, 4) is 0 Å². The van der Waals surface area contributed by atoms with Gasteiger partial charge >= 0.3 is 8.80 Å². The highest BCUT2D eigenvalue weighted by Gasteiger charge is 2.38. The number of hydrogen-bond acceptors (Lipinski definition) is 4.